The molecule has 0 amide bonds. The van der Waals surface area contributed by atoms with Crippen molar-refractivity contribution in [3.63, 3.8) is 0 Å². The zero-order chi connectivity index (χ0) is 55.2. The van der Waals surface area contributed by atoms with E-state index in [9.17, 15) is 0 Å². The topological polar surface area (TPSA) is 41.1 Å². The molecule has 73 heavy (non-hydrogen) atoms. The van der Waals surface area contributed by atoms with Gasteiger partial charge in [-0.1, -0.05) is 146 Å². The summed E-state index contributed by atoms with van der Waals surface area (Å²) in [5.74, 6) is 0. The molecule has 2 aliphatic heterocycles. The van der Waals surface area contributed by atoms with Gasteiger partial charge in [0, 0.05) is 65.5 Å². The fourth-order valence-corrected chi connectivity index (χ4v) is 7.71. The third-order valence-electron chi connectivity index (χ3n) is 12.5. The van der Waals surface area contributed by atoms with Crippen LogP contribution < -0.4 is 0 Å². The van der Waals surface area contributed by atoms with Gasteiger partial charge < -0.3 is 29.1 Å². The minimum atomic E-state index is 0.744. The van der Waals surface area contributed by atoms with Gasteiger partial charge in [-0.15, -0.1) is 0 Å². The van der Waals surface area contributed by atoms with Gasteiger partial charge in [-0.05, 0) is 180 Å². The van der Waals surface area contributed by atoms with Crippen LogP contribution in [0, 0.1) is 0 Å². The number of ether oxygens (including phenoxy) is 2. The Bertz CT molecular complexity index is 1620. The van der Waals surface area contributed by atoms with Gasteiger partial charge in [-0.3, -0.25) is 14.7 Å². The number of nitrogens with zero attached hydrogens (tertiary/aromatic N) is 7. The lowest BCUT2D eigenvalue weighted by molar-refractivity contribution is 0.0422. The Labute approximate surface area is 453 Å². The first-order chi connectivity index (χ1) is 34.7. The number of hydrogen-bond donors (Lipinski definition) is 0. The third-order valence-corrected chi connectivity index (χ3v) is 12.5. The Kier molecular flexibility index (Phi) is 47.3. The lowest BCUT2D eigenvalue weighted by atomic mass is 10.1. The molecule has 418 valence electrons. The number of likely N-dealkylation sites (N-methyl/N-ethyl adjacent to an activating group) is 1. The number of piperazine rings is 1. The van der Waals surface area contributed by atoms with E-state index >= 15 is 0 Å². The average molecular weight is 1010 g/mol. The molecule has 0 aromatic carbocycles. The fraction of sp³-hybridized carbons (Fsp3) is 0.625. The molecule has 0 aliphatic carbocycles. The smallest absolute Gasteiger partial charge is 0.0674 e. The van der Waals surface area contributed by atoms with Crippen LogP contribution in [0.2, 0.25) is 0 Å². The van der Waals surface area contributed by atoms with Gasteiger partial charge in [0.15, 0.2) is 0 Å². The van der Waals surface area contributed by atoms with E-state index in [1.165, 1.54) is 74.4 Å². The zero-order valence-corrected chi connectivity index (χ0v) is 49.7. The van der Waals surface area contributed by atoms with Crippen molar-refractivity contribution in [2.75, 3.05) is 167 Å². The van der Waals surface area contributed by atoms with Crippen LogP contribution in [0.25, 0.3) is 0 Å². The summed E-state index contributed by atoms with van der Waals surface area (Å²) in [6, 6.07) is 0. The first-order valence-corrected chi connectivity index (χ1v) is 27.5. The van der Waals surface area contributed by atoms with Gasteiger partial charge in [0.25, 0.3) is 0 Å². The first-order valence-electron chi connectivity index (χ1n) is 27.5. The molecular weight excluding hydrogens is 899 g/mol. The molecule has 0 atom stereocenters. The SMILES string of the molecule is C=CC(=C)CC/C=C(/C)CN(CCCN(C)C)CCCN(C)C.C=CC(=C)CC/C=C(/C)CN1CCN(C)CC1.C=CC(=C)CC/C=C(/C)CN1CCOCC1.C=CC(=C)CC/C=C(/C)COCCCN(C)C. The molecule has 0 aromatic heterocycles. The summed E-state index contributed by atoms with van der Waals surface area (Å²) in [7, 11) is 14.9. The van der Waals surface area contributed by atoms with Crippen LogP contribution in [0.1, 0.15) is 98.3 Å². The third kappa shape index (κ3) is 49.2. The van der Waals surface area contributed by atoms with E-state index in [1.54, 1.807) is 0 Å². The lowest BCUT2D eigenvalue weighted by Gasteiger charge is -2.32. The van der Waals surface area contributed by atoms with Gasteiger partial charge in [0.05, 0.1) is 19.8 Å². The normalized spacial score (nSPS) is 15.2. The Morgan fingerprint density at radius 2 is 0.836 bits per heavy atom. The molecule has 0 unspecified atom stereocenters. The number of rotatable bonds is 36. The van der Waals surface area contributed by atoms with E-state index in [4.69, 9.17) is 9.47 Å². The van der Waals surface area contributed by atoms with Gasteiger partial charge in [0.2, 0.25) is 0 Å². The highest BCUT2D eigenvalue weighted by Crippen LogP contribution is 2.12. The molecule has 9 heteroatoms. The van der Waals surface area contributed by atoms with Crippen LogP contribution in [0.15, 0.2) is 146 Å². The molecule has 0 spiro atoms. The Hall–Kier alpha value is -3.48. The van der Waals surface area contributed by atoms with E-state index < -0.39 is 0 Å². The Morgan fingerprint density at radius 1 is 0.479 bits per heavy atom. The van der Waals surface area contributed by atoms with Crippen LogP contribution in [0.3, 0.4) is 0 Å². The van der Waals surface area contributed by atoms with Crippen LogP contribution >= 0.6 is 0 Å². The van der Waals surface area contributed by atoms with Crippen molar-refractivity contribution >= 4 is 0 Å². The predicted molar refractivity (Wildman–Crippen MR) is 327 cm³/mol. The van der Waals surface area contributed by atoms with Crippen LogP contribution in [-0.4, -0.2) is 202 Å². The highest BCUT2D eigenvalue weighted by molar-refractivity contribution is 5.15. The molecule has 0 radical (unpaired) electrons. The highest BCUT2D eigenvalue weighted by Gasteiger charge is 2.14. The monoisotopic (exact) mass is 1010 g/mol. The molecule has 2 saturated heterocycles. The summed E-state index contributed by atoms with van der Waals surface area (Å²) < 4.78 is 10.9. The van der Waals surface area contributed by atoms with Crippen LogP contribution in [0.5, 0.6) is 0 Å². The molecular formula is C64H115N7O2. The highest BCUT2D eigenvalue weighted by atomic mass is 16.5. The van der Waals surface area contributed by atoms with Crippen molar-refractivity contribution in [1.29, 1.82) is 0 Å². The Morgan fingerprint density at radius 3 is 1.22 bits per heavy atom. The summed E-state index contributed by atoms with van der Waals surface area (Å²) in [5.41, 5.74) is 10.2. The van der Waals surface area contributed by atoms with E-state index in [1.807, 2.05) is 24.3 Å². The number of hydrogen-bond acceptors (Lipinski definition) is 9. The van der Waals surface area contributed by atoms with Crippen molar-refractivity contribution in [2.24, 2.45) is 0 Å². The summed E-state index contributed by atoms with van der Waals surface area (Å²) >= 11 is 0. The zero-order valence-electron chi connectivity index (χ0n) is 49.7. The molecule has 2 aliphatic rings. The maximum atomic E-state index is 5.59. The first kappa shape index (κ1) is 71.6. The van der Waals surface area contributed by atoms with E-state index in [0.717, 1.165) is 159 Å². The number of morpholine rings is 1. The van der Waals surface area contributed by atoms with Gasteiger partial charge in [0.1, 0.15) is 0 Å². The van der Waals surface area contributed by atoms with Crippen molar-refractivity contribution in [3.8, 4) is 0 Å². The average Bonchev–Trinajstić information content (AvgIpc) is 3.34. The second kappa shape index (κ2) is 48.2. The summed E-state index contributed by atoms with van der Waals surface area (Å²) in [6.45, 7) is 58.7. The molecule has 0 aromatic rings. The quantitative estimate of drug-likeness (QED) is 0.0347. The van der Waals surface area contributed by atoms with Gasteiger partial charge in [-0.2, -0.15) is 0 Å². The molecule has 2 fully saturated rings. The standard InChI is InChI=1S/C20H39N3.C15H26N2.C15H27NO.C14H23NO/c1-8-19(2)12-9-13-20(3)18-23(16-10-14-21(4)5)17-11-15-22(6)7;1-5-14(2)7-6-8-15(3)13-17-11-9-16(4)10-12-17;1-6-14(2)9-7-10-15(3)13-17-12-8-11-16(4)5;1-4-13(2)6-5-7-14(3)12-15-8-10-16-11-9-15/h8,13H,1-2,9-12,14-18H2,3-7H3;5,8H,1-2,6-7,9-13H2,3-4H3;6,10H,1-2,7-9,11-13H2,3-5H3;4,7H,1-2,5-6,8-12H2,3H3/b20-13-;15-8-;15-10-;14-7-. The maximum absolute atomic E-state index is 5.59. The van der Waals surface area contributed by atoms with Gasteiger partial charge >= 0.3 is 0 Å². The molecule has 2 heterocycles. The summed E-state index contributed by atoms with van der Waals surface area (Å²) in [5, 5.41) is 0. The van der Waals surface area contributed by atoms with Crippen LogP contribution in [0.4, 0.5) is 0 Å². The van der Waals surface area contributed by atoms with E-state index in [2.05, 4.69) is 188 Å². The van der Waals surface area contributed by atoms with Crippen molar-refractivity contribution in [3.05, 3.63) is 146 Å². The second-order valence-corrected chi connectivity index (χ2v) is 21.1. The van der Waals surface area contributed by atoms with E-state index in [0.29, 0.717) is 0 Å². The molecule has 0 bridgehead atoms. The Balaban J connectivity index is 0. The molecule has 0 N–H and O–H groups in total. The largest absolute Gasteiger partial charge is 0.379 e. The summed E-state index contributed by atoms with van der Waals surface area (Å²) in [6.07, 6.45) is 28.5. The maximum Gasteiger partial charge on any atom is 0.0674 e. The van der Waals surface area contributed by atoms with E-state index in [-0.39, 0.29) is 0 Å². The minimum absolute atomic E-state index is 0.744. The minimum Gasteiger partial charge on any atom is -0.379 e. The number of allylic oxidation sites excluding steroid dienone is 12. The molecule has 0 saturated carbocycles. The lowest BCUT2D eigenvalue weighted by Crippen LogP contribution is -2.44. The van der Waals surface area contributed by atoms with Crippen molar-refractivity contribution < 1.29 is 9.47 Å². The van der Waals surface area contributed by atoms with Crippen molar-refractivity contribution in [2.45, 2.75) is 98.3 Å². The predicted octanol–water partition coefficient (Wildman–Crippen LogP) is 12.6. The molecule has 2 rings (SSSR count). The fourth-order valence-electron chi connectivity index (χ4n) is 7.71. The van der Waals surface area contributed by atoms with Crippen molar-refractivity contribution in [1.82, 2.24) is 34.3 Å². The van der Waals surface area contributed by atoms with Crippen LogP contribution in [-0.2, 0) is 9.47 Å². The molecule has 9 nitrogen and oxygen atoms in total. The van der Waals surface area contributed by atoms with Gasteiger partial charge in [-0.25, -0.2) is 0 Å². The second-order valence-electron chi connectivity index (χ2n) is 21.1. The summed E-state index contributed by atoms with van der Waals surface area (Å²) in [4.78, 5) is 16.7.